The van der Waals surface area contributed by atoms with Gasteiger partial charge >= 0.3 is 0 Å². The Morgan fingerprint density at radius 3 is 2.69 bits per heavy atom. The van der Waals surface area contributed by atoms with Gasteiger partial charge < -0.3 is 15.2 Å². The zero-order valence-corrected chi connectivity index (χ0v) is 16.5. The Labute approximate surface area is 172 Å². The van der Waals surface area contributed by atoms with Crippen LogP contribution < -0.4 is 10.6 Å². The summed E-state index contributed by atoms with van der Waals surface area (Å²) in [5.41, 5.74) is 0.996. The highest BCUT2D eigenvalue weighted by Crippen LogP contribution is 2.18. The van der Waals surface area contributed by atoms with Crippen molar-refractivity contribution in [1.29, 1.82) is 0 Å². The van der Waals surface area contributed by atoms with Gasteiger partial charge in [-0.25, -0.2) is 13.8 Å². The molecule has 0 radical (unpaired) electrons. The van der Waals surface area contributed by atoms with Crippen LogP contribution in [0.25, 0.3) is 11.4 Å². The van der Waals surface area contributed by atoms with Crippen molar-refractivity contribution in [2.45, 2.75) is 19.9 Å². The van der Waals surface area contributed by atoms with Gasteiger partial charge in [-0.2, -0.15) is 4.98 Å². The molecule has 1 aromatic heterocycles. The zero-order valence-electron chi connectivity index (χ0n) is 15.8. The fourth-order valence-electron chi connectivity index (χ4n) is 2.53. The molecule has 0 unspecified atom stereocenters. The Morgan fingerprint density at radius 1 is 1.14 bits per heavy atom. The van der Waals surface area contributed by atoms with E-state index in [0.717, 1.165) is 23.8 Å². The van der Waals surface area contributed by atoms with E-state index in [9.17, 15) is 8.78 Å². The van der Waals surface area contributed by atoms with E-state index in [1.807, 2.05) is 19.1 Å². The van der Waals surface area contributed by atoms with E-state index >= 15 is 0 Å². The van der Waals surface area contributed by atoms with E-state index in [0.29, 0.717) is 42.2 Å². The summed E-state index contributed by atoms with van der Waals surface area (Å²) in [5.74, 6) is 0.441. The summed E-state index contributed by atoms with van der Waals surface area (Å²) in [6.45, 7) is 3.02. The molecule has 3 aromatic rings. The van der Waals surface area contributed by atoms with Crippen molar-refractivity contribution in [3.8, 4) is 11.4 Å². The molecule has 1 heterocycles. The monoisotopic (exact) mass is 419 g/mol. The van der Waals surface area contributed by atoms with Crippen molar-refractivity contribution in [3.05, 3.63) is 70.6 Å². The smallest absolute Gasteiger partial charge is 0.228 e. The molecule has 0 aliphatic heterocycles. The average Bonchev–Trinajstić information content (AvgIpc) is 3.18. The number of aromatic nitrogens is 2. The summed E-state index contributed by atoms with van der Waals surface area (Å²) in [5, 5.41) is 10.8. The standard InChI is InChI=1S/C20H20ClF2N5O/c1-2-24-20(26-12-14-11-16(22)7-8-17(14)23)25-10-9-18-27-19(28-29-18)13-3-5-15(21)6-4-13/h3-8,11H,2,9-10,12H2,1H3,(H2,24,25,26). The molecule has 29 heavy (non-hydrogen) atoms. The number of hydrogen-bond acceptors (Lipinski definition) is 4. The number of nitrogens with one attached hydrogen (secondary N) is 2. The van der Waals surface area contributed by atoms with E-state index in [1.165, 1.54) is 0 Å². The van der Waals surface area contributed by atoms with Crippen LogP contribution in [0.15, 0.2) is 52.0 Å². The van der Waals surface area contributed by atoms with Crippen molar-refractivity contribution >= 4 is 17.6 Å². The highest BCUT2D eigenvalue weighted by atomic mass is 35.5. The zero-order chi connectivity index (χ0) is 20.6. The Hall–Kier alpha value is -3.00. The molecule has 6 nitrogen and oxygen atoms in total. The molecule has 0 saturated heterocycles. The largest absolute Gasteiger partial charge is 0.357 e. The maximum absolute atomic E-state index is 13.7. The molecular weight excluding hydrogens is 400 g/mol. The second kappa shape index (κ2) is 9.97. The third kappa shape index (κ3) is 5.99. The summed E-state index contributed by atoms with van der Waals surface area (Å²) >= 11 is 5.88. The first-order valence-corrected chi connectivity index (χ1v) is 9.47. The minimum Gasteiger partial charge on any atom is -0.357 e. The van der Waals surface area contributed by atoms with Crippen LogP contribution in [0.3, 0.4) is 0 Å². The summed E-state index contributed by atoms with van der Waals surface area (Å²) in [7, 11) is 0. The SMILES string of the molecule is CCNC(=NCc1cc(F)ccc1F)NCCc1nc(-c2ccc(Cl)cc2)no1. The van der Waals surface area contributed by atoms with E-state index in [-0.39, 0.29) is 12.1 Å². The van der Waals surface area contributed by atoms with Gasteiger partial charge in [-0.3, -0.25) is 0 Å². The van der Waals surface area contributed by atoms with E-state index in [1.54, 1.807) is 12.1 Å². The molecule has 0 bridgehead atoms. The van der Waals surface area contributed by atoms with Crippen molar-refractivity contribution in [1.82, 2.24) is 20.8 Å². The average molecular weight is 420 g/mol. The van der Waals surface area contributed by atoms with Crippen LogP contribution >= 0.6 is 11.6 Å². The fraction of sp³-hybridized carbons (Fsp3) is 0.250. The summed E-state index contributed by atoms with van der Waals surface area (Å²) in [4.78, 5) is 8.64. The Kier molecular flexibility index (Phi) is 7.13. The summed E-state index contributed by atoms with van der Waals surface area (Å²) in [6, 6.07) is 10.5. The molecule has 2 aromatic carbocycles. The highest BCUT2D eigenvalue weighted by Gasteiger charge is 2.09. The van der Waals surface area contributed by atoms with Gasteiger partial charge in [0.15, 0.2) is 5.96 Å². The maximum Gasteiger partial charge on any atom is 0.228 e. The Morgan fingerprint density at radius 2 is 1.93 bits per heavy atom. The maximum atomic E-state index is 13.7. The van der Waals surface area contributed by atoms with Gasteiger partial charge in [0, 0.05) is 35.7 Å². The first kappa shape index (κ1) is 20.7. The minimum absolute atomic E-state index is 0.0141. The summed E-state index contributed by atoms with van der Waals surface area (Å²) < 4.78 is 32.3. The Bertz CT molecular complexity index is 975. The highest BCUT2D eigenvalue weighted by molar-refractivity contribution is 6.30. The predicted octanol–water partition coefficient (Wildman–Crippen LogP) is 3.97. The van der Waals surface area contributed by atoms with Gasteiger partial charge in [-0.1, -0.05) is 16.8 Å². The van der Waals surface area contributed by atoms with E-state index in [2.05, 4.69) is 25.8 Å². The Balaban J connectivity index is 1.57. The lowest BCUT2D eigenvalue weighted by atomic mass is 10.2. The number of aliphatic imine (C=N–C) groups is 1. The molecule has 2 N–H and O–H groups in total. The lowest BCUT2D eigenvalue weighted by molar-refractivity contribution is 0.378. The van der Waals surface area contributed by atoms with E-state index in [4.69, 9.17) is 16.1 Å². The van der Waals surface area contributed by atoms with Crippen LogP contribution in [-0.2, 0) is 13.0 Å². The number of nitrogens with zero attached hydrogens (tertiary/aromatic N) is 3. The normalized spacial score (nSPS) is 11.5. The molecule has 0 aliphatic carbocycles. The number of guanidine groups is 1. The van der Waals surface area contributed by atoms with Crippen LogP contribution in [0.4, 0.5) is 8.78 Å². The topological polar surface area (TPSA) is 75.3 Å². The molecule has 0 atom stereocenters. The van der Waals surface area contributed by atoms with E-state index < -0.39 is 11.6 Å². The molecule has 0 spiro atoms. The molecular formula is C20H20ClF2N5O. The second-order valence-electron chi connectivity index (χ2n) is 6.13. The molecule has 9 heteroatoms. The lowest BCUT2D eigenvalue weighted by Gasteiger charge is -2.10. The number of halogens is 3. The van der Waals surface area contributed by atoms with Crippen molar-refractivity contribution in [3.63, 3.8) is 0 Å². The molecule has 3 rings (SSSR count). The molecule has 0 amide bonds. The molecule has 0 aliphatic rings. The second-order valence-corrected chi connectivity index (χ2v) is 6.56. The van der Waals surface area contributed by atoms with Gasteiger partial charge in [-0.15, -0.1) is 0 Å². The van der Waals surface area contributed by atoms with Crippen LogP contribution in [0, 0.1) is 11.6 Å². The van der Waals surface area contributed by atoms with Gasteiger partial charge in [0.25, 0.3) is 0 Å². The number of benzene rings is 2. The molecule has 0 fully saturated rings. The first-order valence-electron chi connectivity index (χ1n) is 9.10. The molecule has 152 valence electrons. The minimum atomic E-state index is -0.498. The van der Waals surface area contributed by atoms with Crippen molar-refractivity contribution in [2.75, 3.05) is 13.1 Å². The van der Waals surface area contributed by atoms with Gasteiger partial charge in [0.2, 0.25) is 11.7 Å². The lowest BCUT2D eigenvalue weighted by Crippen LogP contribution is -2.38. The third-order valence-electron chi connectivity index (χ3n) is 3.96. The third-order valence-corrected chi connectivity index (χ3v) is 4.21. The predicted molar refractivity (Wildman–Crippen MR) is 108 cm³/mol. The number of rotatable bonds is 7. The van der Waals surface area contributed by atoms with Crippen molar-refractivity contribution < 1.29 is 13.3 Å². The van der Waals surface area contributed by atoms with Gasteiger partial charge in [-0.05, 0) is 49.4 Å². The quantitative estimate of drug-likeness (QED) is 0.447. The van der Waals surface area contributed by atoms with Crippen LogP contribution in [0.2, 0.25) is 5.02 Å². The first-order chi connectivity index (χ1) is 14.0. The van der Waals surface area contributed by atoms with Crippen molar-refractivity contribution in [2.24, 2.45) is 4.99 Å². The van der Waals surface area contributed by atoms with Crippen LogP contribution in [-0.4, -0.2) is 29.2 Å². The fourth-order valence-corrected chi connectivity index (χ4v) is 2.66. The molecule has 0 saturated carbocycles. The van der Waals surface area contributed by atoms with Crippen LogP contribution in [0.5, 0.6) is 0 Å². The van der Waals surface area contributed by atoms with Crippen LogP contribution in [0.1, 0.15) is 18.4 Å². The van der Waals surface area contributed by atoms with Gasteiger partial charge in [0.05, 0.1) is 6.54 Å². The van der Waals surface area contributed by atoms with Gasteiger partial charge in [0.1, 0.15) is 11.6 Å². The number of hydrogen-bond donors (Lipinski definition) is 2. The summed E-state index contributed by atoms with van der Waals surface area (Å²) in [6.07, 6.45) is 0.472.